The first-order valence-electron chi connectivity index (χ1n) is 9.59. The second-order valence-electron chi connectivity index (χ2n) is 8.26. The molecule has 2 nitrogen and oxygen atoms in total. The third-order valence-corrected chi connectivity index (χ3v) is 6.40. The minimum Gasteiger partial charge on any atom is -0.404 e. The minimum absolute atomic E-state index is 0.0143. The number of fused-ring (bicyclic) bond motifs is 3. The number of anilines is 2. The second-order valence-corrected chi connectivity index (χ2v) is 9.28. The van der Waals surface area contributed by atoms with Crippen LogP contribution in [0.25, 0.3) is 20.2 Å². The molecule has 156 valence electrons. The highest BCUT2D eigenvalue weighted by Gasteiger charge is 2.32. The molecule has 0 saturated heterocycles. The quantitative estimate of drug-likeness (QED) is 0.327. The summed E-state index contributed by atoms with van der Waals surface area (Å²) in [5.74, 6) is -0.221. The summed E-state index contributed by atoms with van der Waals surface area (Å²) in [6.07, 6.45) is -4.75. The fraction of sp³-hybridized carbons (Fsp3) is 0.250. The van der Waals surface area contributed by atoms with Crippen LogP contribution in [0.1, 0.15) is 26.3 Å². The Kier molecular flexibility index (Phi) is 4.93. The highest BCUT2D eigenvalue weighted by molar-refractivity contribution is 7.26. The van der Waals surface area contributed by atoms with Crippen LogP contribution in [0.2, 0.25) is 0 Å². The number of thiophene rings is 1. The Morgan fingerprint density at radius 3 is 2.03 bits per heavy atom. The first-order valence-corrected chi connectivity index (χ1v) is 10.4. The average Bonchev–Trinajstić information content (AvgIpc) is 3.04. The van der Waals surface area contributed by atoms with Crippen molar-refractivity contribution in [3.8, 4) is 5.75 Å². The lowest BCUT2D eigenvalue weighted by Gasteiger charge is -2.23. The topological polar surface area (TPSA) is 12.5 Å². The van der Waals surface area contributed by atoms with Crippen LogP contribution in [0, 0.1) is 0 Å². The largest absolute Gasteiger partial charge is 0.573 e. The molecule has 0 radical (unpaired) electrons. The normalized spacial score (nSPS) is 12.5. The van der Waals surface area contributed by atoms with Crippen molar-refractivity contribution < 1.29 is 17.9 Å². The molecular weight excluding hydrogens is 407 g/mol. The van der Waals surface area contributed by atoms with Crippen molar-refractivity contribution in [2.24, 2.45) is 0 Å². The van der Waals surface area contributed by atoms with Gasteiger partial charge in [0.05, 0.1) is 16.1 Å². The van der Waals surface area contributed by atoms with Crippen LogP contribution in [-0.2, 0) is 5.41 Å². The van der Waals surface area contributed by atoms with Crippen molar-refractivity contribution in [1.29, 1.82) is 0 Å². The van der Waals surface area contributed by atoms with E-state index in [2.05, 4.69) is 49.8 Å². The molecule has 0 saturated carbocycles. The molecule has 1 aromatic heterocycles. The van der Waals surface area contributed by atoms with E-state index in [1.165, 1.54) is 22.4 Å². The summed E-state index contributed by atoms with van der Waals surface area (Å²) < 4.78 is 45.2. The monoisotopic (exact) mass is 429 g/mol. The molecule has 4 rings (SSSR count). The Balaban J connectivity index is 1.91. The van der Waals surface area contributed by atoms with Gasteiger partial charge in [-0.3, -0.25) is 0 Å². The van der Waals surface area contributed by atoms with Crippen molar-refractivity contribution >= 4 is 42.9 Å². The predicted octanol–water partition coefficient (Wildman–Crippen LogP) is 8.02. The molecule has 0 N–H and O–H groups in total. The van der Waals surface area contributed by atoms with Crippen LogP contribution in [0.3, 0.4) is 0 Å². The number of halogens is 3. The van der Waals surface area contributed by atoms with Gasteiger partial charge >= 0.3 is 6.36 Å². The zero-order valence-electron chi connectivity index (χ0n) is 17.2. The number of hydrogen-bond acceptors (Lipinski definition) is 3. The van der Waals surface area contributed by atoms with Crippen LogP contribution in [0.15, 0.2) is 60.7 Å². The Labute approximate surface area is 177 Å². The van der Waals surface area contributed by atoms with Gasteiger partial charge < -0.3 is 9.64 Å². The van der Waals surface area contributed by atoms with E-state index in [9.17, 15) is 13.2 Å². The maximum absolute atomic E-state index is 12.9. The number of alkyl halides is 3. The Bertz CT molecular complexity index is 1220. The molecule has 0 unspecified atom stereocenters. The van der Waals surface area contributed by atoms with Gasteiger partial charge in [0.1, 0.15) is 0 Å². The van der Waals surface area contributed by atoms with Crippen LogP contribution in [0.5, 0.6) is 5.75 Å². The summed E-state index contributed by atoms with van der Waals surface area (Å²) in [7, 11) is 1.77. The van der Waals surface area contributed by atoms with E-state index in [1.807, 2.05) is 12.1 Å². The van der Waals surface area contributed by atoms with Gasteiger partial charge in [0, 0.05) is 22.5 Å². The average molecular weight is 430 g/mol. The summed E-state index contributed by atoms with van der Waals surface area (Å²) >= 11 is 1.68. The molecule has 0 aliphatic rings. The van der Waals surface area contributed by atoms with E-state index >= 15 is 0 Å². The highest BCUT2D eigenvalue weighted by Crippen LogP contribution is 2.45. The summed E-state index contributed by atoms with van der Waals surface area (Å²) in [4.78, 5) is 1.76. The van der Waals surface area contributed by atoms with Gasteiger partial charge in [-0.1, -0.05) is 63.2 Å². The Hall–Kier alpha value is -2.73. The number of para-hydroxylation sites is 2. The third kappa shape index (κ3) is 3.72. The zero-order valence-corrected chi connectivity index (χ0v) is 18.0. The van der Waals surface area contributed by atoms with E-state index in [1.54, 1.807) is 35.4 Å². The van der Waals surface area contributed by atoms with Crippen LogP contribution in [0.4, 0.5) is 24.5 Å². The van der Waals surface area contributed by atoms with E-state index in [0.717, 1.165) is 21.2 Å². The smallest absolute Gasteiger partial charge is 0.404 e. The van der Waals surface area contributed by atoms with Gasteiger partial charge in [-0.2, -0.15) is 0 Å². The third-order valence-electron chi connectivity index (χ3n) is 5.13. The molecule has 3 aromatic carbocycles. The first kappa shape index (κ1) is 20.5. The number of hydrogen-bond donors (Lipinski definition) is 0. The molecule has 0 aliphatic carbocycles. The van der Waals surface area contributed by atoms with Gasteiger partial charge in [-0.05, 0) is 29.2 Å². The molecule has 0 bridgehead atoms. The summed E-state index contributed by atoms with van der Waals surface area (Å²) in [6, 6.07) is 18.5. The second kappa shape index (κ2) is 7.20. The molecule has 30 heavy (non-hydrogen) atoms. The summed E-state index contributed by atoms with van der Waals surface area (Å²) in [5, 5.41) is 2.26. The van der Waals surface area contributed by atoms with Gasteiger partial charge in [0.15, 0.2) is 5.75 Å². The lowest BCUT2D eigenvalue weighted by molar-refractivity contribution is -0.274. The van der Waals surface area contributed by atoms with Gasteiger partial charge in [-0.25, -0.2) is 0 Å². The molecule has 0 amide bonds. The molecular formula is C24H22F3NOS. The summed E-state index contributed by atoms with van der Waals surface area (Å²) in [5.41, 5.74) is 2.44. The molecule has 6 heteroatoms. The fourth-order valence-corrected chi connectivity index (χ4v) is 5.31. The number of ether oxygens (including phenoxy) is 1. The number of rotatable bonds is 3. The molecule has 0 spiro atoms. The maximum Gasteiger partial charge on any atom is 0.573 e. The van der Waals surface area contributed by atoms with Crippen LogP contribution >= 0.6 is 11.3 Å². The van der Waals surface area contributed by atoms with Crippen molar-refractivity contribution in [3.63, 3.8) is 0 Å². The molecule has 0 fully saturated rings. The van der Waals surface area contributed by atoms with Crippen molar-refractivity contribution in [3.05, 3.63) is 66.2 Å². The van der Waals surface area contributed by atoms with E-state index < -0.39 is 6.36 Å². The molecule has 0 aliphatic heterocycles. The fourth-order valence-electron chi connectivity index (χ4n) is 3.74. The number of benzene rings is 3. The van der Waals surface area contributed by atoms with E-state index in [0.29, 0.717) is 5.69 Å². The zero-order chi connectivity index (χ0) is 21.7. The number of nitrogens with zero attached hydrogens (tertiary/aromatic N) is 1. The minimum atomic E-state index is -4.75. The molecule has 4 aromatic rings. The Morgan fingerprint density at radius 2 is 1.37 bits per heavy atom. The van der Waals surface area contributed by atoms with E-state index in [-0.39, 0.29) is 11.2 Å². The lowest BCUT2D eigenvalue weighted by atomic mass is 9.86. The van der Waals surface area contributed by atoms with Gasteiger partial charge in [-0.15, -0.1) is 24.5 Å². The maximum atomic E-state index is 12.9. The van der Waals surface area contributed by atoms with Crippen LogP contribution in [-0.4, -0.2) is 13.4 Å². The predicted molar refractivity (Wildman–Crippen MR) is 119 cm³/mol. The van der Waals surface area contributed by atoms with Crippen LogP contribution < -0.4 is 9.64 Å². The van der Waals surface area contributed by atoms with Gasteiger partial charge in [0.2, 0.25) is 0 Å². The first-order chi connectivity index (χ1) is 14.1. The van der Waals surface area contributed by atoms with Crippen molar-refractivity contribution in [1.82, 2.24) is 0 Å². The molecule has 1 heterocycles. The van der Waals surface area contributed by atoms with Crippen molar-refractivity contribution in [2.75, 3.05) is 11.9 Å². The molecule has 0 atom stereocenters. The highest BCUT2D eigenvalue weighted by atomic mass is 32.1. The summed E-state index contributed by atoms with van der Waals surface area (Å²) in [6.45, 7) is 6.55. The van der Waals surface area contributed by atoms with E-state index in [4.69, 9.17) is 0 Å². The lowest BCUT2D eigenvalue weighted by Crippen LogP contribution is -2.19. The Morgan fingerprint density at radius 1 is 0.767 bits per heavy atom. The SMILES string of the molecule is CN(c1ccccc1OC(F)(F)F)c1cccc2c1sc1c(C(C)(C)C)cccc12. The van der Waals surface area contributed by atoms with Gasteiger partial charge in [0.25, 0.3) is 0 Å². The van der Waals surface area contributed by atoms with Crippen molar-refractivity contribution in [2.45, 2.75) is 32.5 Å². The standard InChI is InChI=1S/C24H22F3NOS/c1-23(2,3)17-11-7-9-15-16-10-8-13-19(22(16)30-21(15)17)28(4)18-12-5-6-14-20(18)29-24(25,26)27/h5-14H,1-4H3.